The van der Waals surface area contributed by atoms with Crippen LogP contribution in [0.5, 0.6) is 0 Å². The van der Waals surface area contributed by atoms with Gasteiger partial charge < -0.3 is 12.8 Å². The summed E-state index contributed by atoms with van der Waals surface area (Å²) in [5, 5.41) is 15.3. The van der Waals surface area contributed by atoms with E-state index in [4.69, 9.17) is 12.8 Å². The number of hydrogen-bond acceptors (Lipinski definition) is 0. The molecule has 0 fully saturated rings. The zero-order chi connectivity index (χ0) is 42.0. The second kappa shape index (κ2) is 22.4. The van der Waals surface area contributed by atoms with E-state index in [1.54, 1.807) is 0 Å². The van der Waals surface area contributed by atoms with Gasteiger partial charge in [0.05, 0.1) is 0 Å². The third-order valence-corrected chi connectivity index (χ3v) is 19.0. The van der Waals surface area contributed by atoms with Gasteiger partial charge >= 0.3 is 44.8 Å². The third-order valence-electron chi connectivity index (χ3n) is 11.3. The Balaban J connectivity index is 0.000000166. The Labute approximate surface area is 406 Å². The van der Waals surface area contributed by atoms with Crippen molar-refractivity contribution in [1.82, 2.24) is 0 Å². The van der Waals surface area contributed by atoms with E-state index in [-0.39, 0.29) is 49.7 Å². The predicted molar refractivity (Wildman–Crippen MR) is 270 cm³/mol. The average Bonchev–Trinajstić information content (AvgIpc) is 3.32. The summed E-state index contributed by atoms with van der Waals surface area (Å²) in [7, 11) is -2.05. The predicted octanol–water partition coefficient (Wildman–Crippen LogP) is 13.3. The molecule has 312 valence electrons. The van der Waals surface area contributed by atoms with E-state index < -0.39 is 15.8 Å². The third kappa shape index (κ3) is 10.6. The molecule has 0 aliphatic rings. The van der Waals surface area contributed by atoms with E-state index in [0.29, 0.717) is 0 Å². The van der Waals surface area contributed by atoms with Crippen molar-refractivity contribution in [3.05, 3.63) is 254 Å². The van der Waals surface area contributed by atoms with Gasteiger partial charge in [0.1, 0.15) is 37.1 Å². The van der Waals surface area contributed by atoms with Crippen LogP contribution in [0.15, 0.2) is 231 Å². The standard InChI is InChI=1S/C27H26P2.2C16H9.2Au/c1-27(2,28(23-15-7-3-8-16-23)24-17-9-4-10-18-24)29(25-19-11-5-12-20-25)26-21-13-6-14-22-26;2*1-2-12-7-5-8-14-11-10-13-6-3-4-9-15(13)16(12)14;;/h3-22H,1-2H3;2*3-11H;;/q;2*-1;2*+1/p+2. The van der Waals surface area contributed by atoms with Crippen LogP contribution in [0, 0.1) is 24.7 Å². The molecule has 4 heteroatoms. The minimum atomic E-state index is -1.02. The van der Waals surface area contributed by atoms with E-state index in [9.17, 15) is 0 Å². The molecule has 0 aromatic heterocycles. The molecule has 0 N–H and O–H groups in total. The molecule has 10 aromatic carbocycles. The molecule has 0 nitrogen and oxygen atoms in total. The molecule has 0 amide bonds. The quantitative estimate of drug-likeness (QED) is 0.0512. The summed E-state index contributed by atoms with van der Waals surface area (Å²) in [4.78, 5) is 0.154. The summed E-state index contributed by atoms with van der Waals surface area (Å²) >= 11 is 0. The van der Waals surface area contributed by atoms with E-state index in [2.05, 4.69) is 208 Å². The largest absolute Gasteiger partial charge is 1.00 e. The molecule has 0 heterocycles. The Bertz CT molecular complexity index is 2840. The molecular formula is C59H46Au2P2+2. The van der Waals surface area contributed by atoms with Crippen LogP contribution in [-0.2, 0) is 44.8 Å². The maximum Gasteiger partial charge on any atom is 1.00 e. The summed E-state index contributed by atoms with van der Waals surface area (Å²) in [5.41, 5.74) is 1.71. The first kappa shape index (κ1) is 47.2. The molecular weight excluding hydrogens is 1160 g/mol. The first-order valence-corrected chi connectivity index (χ1v) is 23.6. The van der Waals surface area contributed by atoms with Crippen LogP contribution < -0.4 is 21.2 Å². The van der Waals surface area contributed by atoms with Crippen LogP contribution in [0.4, 0.5) is 0 Å². The number of benzene rings is 10. The molecule has 0 saturated carbocycles. The van der Waals surface area contributed by atoms with Gasteiger partial charge in [0, 0.05) is 13.8 Å². The Morgan fingerprint density at radius 3 is 0.905 bits per heavy atom. The summed E-state index contributed by atoms with van der Waals surface area (Å²) in [6, 6.07) is 81.6. The summed E-state index contributed by atoms with van der Waals surface area (Å²) in [6.45, 7) is 5.02. The van der Waals surface area contributed by atoms with Crippen molar-refractivity contribution < 1.29 is 44.8 Å². The average molecular weight is 1210 g/mol. The fourth-order valence-electron chi connectivity index (χ4n) is 8.65. The molecule has 63 heavy (non-hydrogen) atoms. The van der Waals surface area contributed by atoms with E-state index in [1.807, 2.05) is 48.5 Å². The smallest absolute Gasteiger partial charge is 0.366 e. The van der Waals surface area contributed by atoms with Crippen molar-refractivity contribution in [1.29, 1.82) is 0 Å². The molecule has 0 atom stereocenters. The van der Waals surface area contributed by atoms with Gasteiger partial charge in [0.2, 0.25) is 0 Å². The topological polar surface area (TPSA) is 0 Å². The van der Waals surface area contributed by atoms with E-state index in [0.717, 1.165) is 32.7 Å². The number of rotatable bonds is 6. The van der Waals surface area contributed by atoms with Crippen molar-refractivity contribution in [2.45, 2.75) is 18.7 Å². The maximum absolute atomic E-state index is 7.35. The molecule has 0 saturated heterocycles. The Morgan fingerprint density at radius 1 is 0.317 bits per heavy atom. The molecule has 0 bridgehead atoms. The molecule has 0 aliphatic carbocycles. The monoisotopic (exact) mass is 1210 g/mol. The second-order valence-corrected chi connectivity index (χ2v) is 22.3. The SMILES string of the molecule is CC(C)([PH+](c1ccccc1)c1ccccc1)[PH+](c1ccccc1)c1ccccc1.[Au+].[Au+].[C-]#Cc1cccc2ccc3ccccc3c12.[C-]#Cc1cccc2ccc3ccccc3c12. The second-order valence-electron chi connectivity index (χ2n) is 15.5. The maximum atomic E-state index is 7.35. The van der Waals surface area contributed by atoms with Crippen LogP contribution in [-0.4, -0.2) is 4.90 Å². The van der Waals surface area contributed by atoms with Gasteiger partial charge in [-0.05, 0) is 80.8 Å². The van der Waals surface area contributed by atoms with Gasteiger partial charge in [-0.2, -0.15) is 0 Å². The zero-order valence-electron chi connectivity index (χ0n) is 35.0. The summed E-state index contributed by atoms with van der Waals surface area (Å²) < 4.78 is 0. The first-order valence-electron chi connectivity index (χ1n) is 20.6. The molecule has 0 spiro atoms. The first-order chi connectivity index (χ1) is 30.0. The van der Waals surface area contributed by atoms with E-state index >= 15 is 0 Å². The van der Waals surface area contributed by atoms with Crippen molar-refractivity contribution in [2.24, 2.45) is 0 Å². The van der Waals surface area contributed by atoms with E-state index in [1.165, 1.54) is 42.8 Å². The van der Waals surface area contributed by atoms with Crippen LogP contribution in [0.2, 0.25) is 0 Å². The zero-order valence-corrected chi connectivity index (χ0v) is 41.4. The van der Waals surface area contributed by atoms with Gasteiger partial charge in [-0.3, -0.25) is 11.8 Å². The van der Waals surface area contributed by atoms with Crippen molar-refractivity contribution in [2.75, 3.05) is 0 Å². The molecule has 0 aliphatic heterocycles. The van der Waals surface area contributed by atoms with Gasteiger partial charge in [-0.1, -0.05) is 181 Å². The van der Waals surface area contributed by atoms with Crippen LogP contribution in [0.25, 0.3) is 43.1 Å². The van der Waals surface area contributed by atoms with Crippen LogP contribution >= 0.6 is 15.8 Å². The van der Waals surface area contributed by atoms with Crippen LogP contribution in [0.1, 0.15) is 25.0 Å². The Hall–Kier alpha value is -5.30. The molecule has 0 radical (unpaired) electrons. The van der Waals surface area contributed by atoms with Gasteiger partial charge in [0.15, 0.2) is 4.90 Å². The van der Waals surface area contributed by atoms with Crippen LogP contribution in [0.3, 0.4) is 0 Å². The van der Waals surface area contributed by atoms with Crippen molar-refractivity contribution >= 4 is 80.2 Å². The fourth-order valence-corrected chi connectivity index (χ4v) is 17.0. The minimum Gasteiger partial charge on any atom is -0.366 e. The number of hydrogen-bond donors (Lipinski definition) is 0. The summed E-state index contributed by atoms with van der Waals surface area (Å²) in [5.74, 6) is 5.02. The van der Waals surface area contributed by atoms with Gasteiger partial charge in [0.25, 0.3) is 0 Å². The molecule has 10 rings (SSSR count). The Kier molecular flexibility index (Phi) is 16.7. The van der Waals surface area contributed by atoms with Crippen molar-refractivity contribution in [3.8, 4) is 11.8 Å². The van der Waals surface area contributed by atoms with Crippen molar-refractivity contribution in [3.63, 3.8) is 0 Å². The Morgan fingerprint density at radius 2 is 0.587 bits per heavy atom. The summed E-state index contributed by atoms with van der Waals surface area (Å²) in [6.07, 6.45) is 14.7. The fraction of sp³-hybridized carbons (Fsp3) is 0.0508. The minimum absolute atomic E-state index is 0. The molecule has 0 unspecified atom stereocenters. The molecule has 10 aromatic rings. The van der Waals surface area contributed by atoms with Gasteiger partial charge in [-0.25, -0.2) is 0 Å². The normalized spacial score (nSPS) is 10.7. The number of fused-ring (bicyclic) bond motifs is 6. The van der Waals surface area contributed by atoms with Gasteiger partial charge in [-0.15, -0.1) is 23.3 Å².